The fourth-order valence-corrected chi connectivity index (χ4v) is 2.41. The van der Waals surface area contributed by atoms with E-state index in [1.807, 2.05) is 44.2 Å². The summed E-state index contributed by atoms with van der Waals surface area (Å²) in [7, 11) is 0. The highest BCUT2D eigenvalue weighted by atomic mass is 16.5. The first-order chi connectivity index (χ1) is 10.2. The van der Waals surface area contributed by atoms with Gasteiger partial charge < -0.3 is 4.74 Å². The smallest absolute Gasteiger partial charge is 0.124 e. The molecule has 0 amide bonds. The average molecular weight is 285 g/mol. The number of aryl methyl sites for hydroxylation is 2. The van der Waals surface area contributed by atoms with Crippen LogP contribution in [0.3, 0.4) is 0 Å². The fourth-order valence-electron chi connectivity index (χ4n) is 2.41. The fraction of sp³-hybridized carbons (Fsp3) is 0.353. The van der Waals surface area contributed by atoms with Crippen LogP contribution in [0.1, 0.15) is 41.9 Å². The van der Waals surface area contributed by atoms with Crippen LogP contribution < -0.4 is 16.0 Å². The molecule has 0 spiro atoms. The van der Waals surface area contributed by atoms with Crippen LogP contribution in [0, 0.1) is 13.8 Å². The van der Waals surface area contributed by atoms with Crippen LogP contribution >= 0.6 is 0 Å². The number of nitrogens with one attached hydrogen (secondary N) is 1. The first-order valence-corrected chi connectivity index (χ1v) is 7.29. The lowest BCUT2D eigenvalue weighted by Gasteiger charge is -2.21. The molecule has 4 nitrogen and oxygen atoms in total. The molecule has 112 valence electrons. The van der Waals surface area contributed by atoms with Gasteiger partial charge in [0.2, 0.25) is 0 Å². The van der Waals surface area contributed by atoms with Crippen molar-refractivity contribution in [1.29, 1.82) is 0 Å². The van der Waals surface area contributed by atoms with E-state index in [0.717, 1.165) is 34.7 Å². The van der Waals surface area contributed by atoms with Crippen molar-refractivity contribution in [2.45, 2.75) is 33.2 Å². The zero-order chi connectivity index (χ0) is 15.2. The minimum Gasteiger partial charge on any atom is -0.493 e. The van der Waals surface area contributed by atoms with Crippen molar-refractivity contribution in [2.75, 3.05) is 6.61 Å². The maximum Gasteiger partial charge on any atom is 0.124 e. The minimum absolute atomic E-state index is 0.133. The molecule has 1 aromatic carbocycles. The Labute approximate surface area is 126 Å². The molecule has 0 aliphatic rings. The SMILES string of the molecule is CCCOc1ccccc1C(NN)c1ccc(C)nc1C. The molecule has 0 fully saturated rings. The zero-order valence-electron chi connectivity index (χ0n) is 12.9. The monoisotopic (exact) mass is 285 g/mol. The second-order valence-electron chi connectivity index (χ2n) is 5.11. The largest absolute Gasteiger partial charge is 0.493 e. The van der Waals surface area contributed by atoms with Gasteiger partial charge in [0.15, 0.2) is 0 Å². The van der Waals surface area contributed by atoms with Gasteiger partial charge >= 0.3 is 0 Å². The molecule has 2 aromatic rings. The number of rotatable bonds is 6. The summed E-state index contributed by atoms with van der Waals surface area (Å²) in [6.07, 6.45) is 0.972. The van der Waals surface area contributed by atoms with E-state index in [-0.39, 0.29) is 6.04 Å². The van der Waals surface area contributed by atoms with E-state index in [0.29, 0.717) is 6.61 Å². The highest BCUT2D eigenvalue weighted by molar-refractivity contribution is 5.42. The van der Waals surface area contributed by atoms with Gasteiger partial charge in [0.1, 0.15) is 5.75 Å². The van der Waals surface area contributed by atoms with Crippen molar-refractivity contribution < 1.29 is 4.74 Å². The number of nitrogens with zero attached hydrogens (tertiary/aromatic N) is 1. The molecule has 2 rings (SSSR count). The van der Waals surface area contributed by atoms with Gasteiger partial charge in [-0.25, -0.2) is 5.43 Å². The molecule has 3 N–H and O–H groups in total. The number of hydrogen-bond donors (Lipinski definition) is 2. The lowest BCUT2D eigenvalue weighted by atomic mass is 9.97. The number of hydrogen-bond acceptors (Lipinski definition) is 4. The Hall–Kier alpha value is -1.91. The predicted octanol–water partition coefficient (Wildman–Crippen LogP) is 3.04. The van der Waals surface area contributed by atoms with E-state index >= 15 is 0 Å². The zero-order valence-corrected chi connectivity index (χ0v) is 12.9. The number of nitrogens with two attached hydrogens (primary N) is 1. The van der Waals surface area contributed by atoms with E-state index in [2.05, 4.69) is 23.4 Å². The van der Waals surface area contributed by atoms with Crippen LogP contribution in [-0.4, -0.2) is 11.6 Å². The molecule has 0 radical (unpaired) electrons. The summed E-state index contributed by atoms with van der Waals surface area (Å²) >= 11 is 0. The van der Waals surface area contributed by atoms with Gasteiger partial charge in [0, 0.05) is 17.0 Å². The summed E-state index contributed by atoms with van der Waals surface area (Å²) in [5.74, 6) is 6.67. The third-order valence-electron chi connectivity index (χ3n) is 3.44. The number of hydrazine groups is 1. The summed E-state index contributed by atoms with van der Waals surface area (Å²) in [4.78, 5) is 4.52. The maximum atomic E-state index is 5.84. The molecule has 0 saturated carbocycles. The number of benzene rings is 1. The van der Waals surface area contributed by atoms with Crippen LogP contribution in [0.4, 0.5) is 0 Å². The molecule has 4 heteroatoms. The Morgan fingerprint density at radius 3 is 2.57 bits per heavy atom. The van der Waals surface area contributed by atoms with Crippen LogP contribution in [0.2, 0.25) is 0 Å². The Kier molecular flexibility index (Phi) is 5.31. The summed E-state index contributed by atoms with van der Waals surface area (Å²) in [6.45, 7) is 6.77. The molecular weight excluding hydrogens is 262 g/mol. The van der Waals surface area contributed by atoms with Crippen molar-refractivity contribution in [3.8, 4) is 5.75 Å². The number of aromatic nitrogens is 1. The summed E-state index contributed by atoms with van der Waals surface area (Å²) < 4.78 is 5.84. The quantitative estimate of drug-likeness (QED) is 0.632. The van der Waals surface area contributed by atoms with Gasteiger partial charge in [-0.1, -0.05) is 31.2 Å². The average Bonchev–Trinajstić information content (AvgIpc) is 2.49. The molecule has 1 unspecified atom stereocenters. The third-order valence-corrected chi connectivity index (χ3v) is 3.44. The minimum atomic E-state index is -0.133. The second-order valence-corrected chi connectivity index (χ2v) is 5.11. The predicted molar refractivity (Wildman–Crippen MR) is 85.1 cm³/mol. The van der Waals surface area contributed by atoms with E-state index in [1.165, 1.54) is 0 Å². The molecule has 1 heterocycles. The van der Waals surface area contributed by atoms with Crippen LogP contribution in [0.5, 0.6) is 5.75 Å². The van der Waals surface area contributed by atoms with Crippen molar-refractivity contribution in [3.05, 3.63) is 58.9 Å². The lowest BCUT2D eigenvalue weighted by molar-refractivity contribution is 0.311. The summed E-state index contributed by atoms with van der Waals surface area (Å²) in [5.41, 5.74) is 6.96. The summed E-state index contributed by atoms with van der Waals surface area (Å²) in [5, 5.41) is 0. The van der Waals surface area contributed by atoms with Gasteiger partial charge in [-0.05, 0) is 38.0 Å². The molecular formula is C17H23N3O. The molecule has 1 atom stereocenters. The molecule has 0 aliphatic heterocycles. The van der Waals surface area contributed by atoms with Gasteiger partial charge in [-0.15, -0.1) is 0 Å². The van der Waals surface area contributed by atoms with Crippen LogP contribution in [0.15, 0.2) is 36.4 Å². The third kappa shape index (κ3) is 3.60. The number of ether oxygens (including phenoxy) is 1. The van der Waals surface area contributed by atoms with Crippen molar-refractivity contribution in [2.24, 2.45) is 5.84 Å². The van der Waals surface area contributed by atoms with Crippen LogP contribution in [-0.2, 0) is 0 Å². The van der Waals surface area contributed by atoms with Crippen molar-refractivity contribution in [1.82, 2.24) is 10.4 Å². The molecule has 0 bridgehead atoms. The molecule has 0 saturated heterocycles. The van der Waals surface area contributed by atoms with Gasteiger partial charge in [-0.3, -0.25) is 10.8 Å². The number of para-hydroxylation sites is 1. The second kappa shape index (κ2) is 7.20. The van der Waals surface area contributed by atoms with Crippen molar-refractivity contribution >= 4 is 0 Å². The molecule has 21 heavy (non-hydrogen) atoms. The van der Waals surface area contributed by atoms with Crippen LogP contribution in [0.25, 0.3) is 0 Å². The highest BCUT2D eigenvalue weighted by Gasteiger charge is 2.19. The topological polar surface area (TPSA) is 60.2 Å². The van der Waals surface area contributed by atoms with E-state index < -0.39 is 0 Å². The Bertz CT molecular complexity index is 598. The van der Waals surface area contributed by atoms with Crippen molar-refractivity contribution in [3.63, 3.8) is 0 Å². The molecule has 0 aliphatic carbocycles. The Morgan fingerprint density at radius 1 is 1.14 bits per heavy atom. The van der Waals surface area contributed by atoms with Gasteiger partial charge in [0.25, 0.3) is 0 Å². The Balaban J connectivity index is 2.41. The highest BCUT2D eigenvalue weighted by Crippen LogP contribution is 2.30. The first-order valence-electron chi connectivity index (χ1n) is 7.29. The first kappa shape index (κ1) is 15.5. The Morgan fingerprint density at radius 2 is 1.90 bits per heavy atom. The van der Waals surface area contributed by atoms with Gasteiger partial charge in [-0.2, -0.15) is 0 Å². The lowest BCUT2D eigenvalue weighted by Crippen LogP contribution is -2.30. The standard InChI is InChI=1S/C17H23N3O/c1-4-11-21-16-8-6-5-7-15(16)17(20-18)14-10-9-12(2)19-13(14)3/h5-10,17,20H,4,11,18H2,1-3H3. The van der Waals surface area contributed by atoms with E-state index in [9.17, 15) is 0 Å². The van der Waals surface area contributed by atoms with E-state index in [4.69, 9.17) is 10.6 Å². The maximum absolute atomic E-state index is 5.84. The molecule has 1 aromatic heterocycles. The van der Waals surface area contributed by atoms with Gasteiger partial charge in [0.05, 0.1) is 12.6 Å². The van der Waals surface area contributed by atoms with E-state index in [1.54, 1.807) is 0 Å². The summed E-state index contributed by atoms with van der Waals surface area (Å²) in [6, 6.07) is 11.9. The normalized spacial score (nSPS) is 12.2. The number of pyridine rings is 1.